The van der Waals surface area contributed by atoms with Crippen molar-refractivity contribution in [3.63, 3.8) is 0 Å². The Morgan fingerprint density at radius 2 is 1.87 bits per heavy atom. The van der Waals surface area contributed by atoms with Gasteiger partial charge in [0.05, 0.1) is 18.5 Å². The fourth-order valence-corrected chi connectivity index (χ4v) is 6.68. The summed E-state index contributed by atoms with van der Waals surface area (Å²) >= 11 is 0. The minimum Gasteiger partial charge on any atom is -0.491 e. The highest BCUT2D eigenvalue weighted by molar-refractivity contribution is 6.04. The van der Waals surface area contributed by atoms with E-state index < -0.39 is 0 Å². The number of hydrogen-bond acceptors (Lipinski definition) is 7. The van der Waals surface area contributed by atoms with Gasteiger partial charge in [-0.05, 0) is 44.2 Å². The molecule has 4 aliphatic rings. The van der Waals surface area contributed by atoms with Crippen molar-refractivity contribution in [3.05, 3.63) is 29.5 Å². The molecule has 6 rings (SSSR count). The van der Waals surface area contributed by atoms with Gasteiger partial charge in [-0.1, -0.05) is 39.0 Å². The number of anilines is 4. The molecule has 202 valence electrons. The first-order valence-corrected chi connectivity index (χ1v) is 14.3. The first kappa shape index (κ1) is 24.9. The Kier molecular flexibility index (Phi) is 6.84. The summed E-state index contributed by atoms with van der Waals surface area (Å²) in [6, 6.07) is 4.14. The van der Waals surface area contributed by atoms with Gasteiger partial charge >= 0.3 is 0 Å². The van der Waals surface area contributed by atoms with Gasteiger partial charge in [0.2, 0.25) is 11.9 Å². The molecule has 0 radical (unpaired) electrons. The highest BCUT2D eigenvalue weighted by Gasteiger charge is 2.41. The number of aromatic nitrogens is 2. The van der Waals surface area contributed by atoms with E-state index in [0.29, 0.717) is 36.3 Å². The molecule has 3 heterocycles. The Labute approximate surface area is 224 Å². The van der Waals surface area contributed by atoms with Crippen LogP contribution in [0.1, 0.15) is 87.1 Å². The molecule has 1 aromatic heterocycles. The number of carbonyl (C=O) groups excluding carboxylic acids is 2. The van der Waals surface area contributed by atoms with Crippen LogP contribution < -0.4 is 25.2 Å². The van der Waals surface area contributed by atoms with Crippen LogP contribution in [0.2, 0.25) is 0 Å². The molecule has 1 atom stereocenters. The number of hydrogen-bond donors (Lipinski definition) is 2. The molecular formula is C29H38N6O3. The lowest BCUT2D eigenvalue weighted by molar-refractivity contribution is -0.120. The molecule has 2 amide bonds. The minimum absolute atomic E-state index is 0.0132. The van der Waals surface area contributed by atoms with E-state index in [-0.39, 0.29) is 23.9 Å². The third-order valence-electron chi connectivity index (χ3n) is 8.70. The van der Waals surface area contributed by atoms with Gasteiger partial charge in [0, 0.05) is 36.7 Å². The molecule has 1 aromatic carbocycles. The molecule has 2 aliphatic heterocycles. The number of amides is 2. The Bertz CT molecular complexity index is 1220. The van der Waals surface area contributed by atoms with Crippen LogP contribution in [0.15, 0.2) is 18.3 Å². The monoisotopic (exact) mass is 518 g/mol. The Morgan fingerprint density at radius 1 is 1.11 bits per heavy atom. The molecule has 38 heavy (non-hydrogen) atoms. The smallest absolute Gasteiger partial charge is 0.251 e. The zero-order valence-corrected chi connectivity index (χ0v) is 22.5. The summed E-state index contributed by atoms with van der Waals surface area (Å²) in [6.07, 6.45) is 13.4. The van der Waals surface area contributed by atoms with E-state index in [9.17, 15) is 9.59 Å². The number of nitrogens with zero attached hydrogens (tertiary/aromatic N) is 4. The Morgan fingerprint density at radius 3 is 2.63 bits per heavy atom. The van der Waals surface area contributed by atoms with Crippen molar-refractivity contribution in [1.82, 2.24) is 15.3 Å². The molecule has 0 spiro atoms. The predicted molar refractivity (Wildman–Crippen MR) is 148 cm³/mol. The number of nitrogens with one attached hydrogen (secondary N) is 2. The maximum Gasteiger partial charge on any atom is 0.251 e. The first-order valence-electron chi connectivity index (χ1n) is 14.3. The SMILES string of the molecule is CC[C@@H]1C(=O)N(C)c2cnc(Nc3ccc(C(=O)NC4CCCCC4)c4c3OCC4)nc2N1C1CCCC1. The van der Waals surface area contributed by atoms with Crippen LogP contribution in [-0.2, 0) is 11.2 Å². The van der Waals surface area contributed by atoms with E-state index >= 15 is 0 Å². The summed E-state index contributed by atoms with van der Waals surface area (Å²) in [5.74, 6) is 2.06. The van der Waals surface area contributed by atoms with Crippen molar-refractivity contribution in [3.8, 4) is 5.75 Å². The topological polar surface area (TPSA) is 99.7 Å². The predicted octanol–water partition coefficient (Wildman–Crippen LogP) is 4.72. The van der Waals surface area contributed by atoms with E-state index in [1.54, 1.807) is 11.1 Å². The average molecular weight is 519 g/mol. The van der Waals surface area contributed by atoms with Gasteiger partial charge < -0.3 is 25.2 Å². The Balaban J connectivity index is 1.29. The number of likely N-dealkylation sites (N-methyl/N-ethyl adjacent to an activating group) is 1. The van der Waals surface area contributed by atoms with Crippen LogP contribution in [0.25, 0.3) is 0 Å². The Hall–Kier alpha value is -3.36. The summed E-state index contributed by atoms with van der Waals surface area (Å²) < 4.78 is 6.00. The molecule has 2 N–H and O–H groups in total. The third-order valence-corrected chi connectivity index (χ3v) is 8.70. The van der Waals surface area contributed by atoms with E-state index in [0.717, 1.165) is 54.9 Å². The zero-order valence-electron chi connectivity index (χ0n) is 22.5. The molecule has 0 saturated heterocycles. The molecule has 9 nitrogen and oxygen atoms in total. The zero-order chi connectivity index (χ0) is 26.2. The number of fused-ring (bicyclic) bond motifs is 2. The van der Waals surface area contributed by atoms with E-state index in [1.165, 1.54) is 32.1 Å². The highest BCUT2D eigenvalue weighted by Crippen LogP contribution is 2.41. The van der Waals surface area contributed by atoms with Gasteiger partial charge in [0.1, 0.15) is 17.5 Å². The van der Waals surface area contributed by atoms with Gasteiger partial charge in [0.25, 0.3) is 5.91 Å². The minimum atomic E-state index is -0.215. The molecular weight excluding hydrogens is 480 g/mol. The maximum absolute atomic E-state index is 13.2. The van der Waals surface area contributed by atoms with Gasteiger partial charge in [-0.2, -0.15) is 4.98 Å². The molecule has 2 saturated carbocycles. The van der Waals surface area contributed by atoms with Crippen LogP contribution in [0.5, 0.6) is 5.75 Å². The molecule has 0 unspecified atom stereocenters. The first-order chi connectivity index (χ1) is 18.5. The number of ether oxygens (including phenoxy) is 1. The van der Waals surface area contributed by atoms with Crippen LogP contribution in [0, 0.1) is 0 Å². The third kappa shape index (κ3) is 4.46. The molecule has 2 aromatic rings. The van der Waals surface area contributed by atoms with E-state index in [2.05, 4.69) is 27.4 Å². The second-order valence-corrected chi connectivity index (χ2v) is 11.1. The van der Waals surface area contributed by atoms with Crippen molar-refractivity contribution in [2.45, 2.75) is 95.7 Å². The van der Waals surface area contributed by atoms with Crippen LogP contribution >= 0.6 is 0 Å². The summed E-state index contributed by atoms with van der Waals surface area (Å²) in [6.45, 7) is 2.61. The van der Waals surface area contributed by atoms with E-state index in [4.69, 9.17) is 9.72 Å². The number of carbonyl (C=O) groups is 2. The van der Waals surface area contributed by atoms with Crippen LogP contribution in [0.3, 0.4) is 0 Å². The van der Waals surface area contributed by atoms with Crippen molar-refractivity contribution in [1.29, 1.82) is 0 Å². The lowest BCUT2D eigenvalue weighted by Gasteiger charge is -2.43. The van der Waals surface area contributed by atoms with E-state index in [1.807, 2.05) is 19.2 Å². The molecule has 0 bridgehead atoms. The van der Waals surface area contributed by atoms with Gasteiger partial charge in [-0.15, -0.1) is 0 Å². The lowest BCUT2D eigenvalue weighted by Crippen LogP contribution is -2.55. The maximum atomic E-state index is 13.2. The summed E-state index contributed by atoms with van der Waals surface area (Å²) in [5, 5.41) is 6.60. The number of rotatable bonds is 6. The summed E-state index contributed by atoms with van der Waals surface area (Å²) in [4.78, 5) is 39.8. The summed E-state index contributed by atoms with van der Waals surface area (Å²) in [5.41, 5.74) is 3.13. The lowest BCUT2D eigenvalue weighted by atomic mass is 9.95. The van der Waals surface area contributed by atoms with Crippen LogP contribution in [0.4, 0.5) is 23.1 Å². The normalized spacial score (nSPS) is 21.7. The van der Waals surface area contributed by atoms with Gasteiger partial charge in [-0.25, -0.2) is 4.98 Å². The quantitative estimate of drug-likeness (QED) is 0.571. The van der Waals surface area contributed by atoms with Crippen LogP contribution in [-0.4, -0.2) is 53.6 Å². The number of benzene rings is 1. The standard InChI is InChI=1S/C29H38N6O3/c1-3-23-28(37)34(2)24-17-30-29(33-26(24)35(23)19-11-7-8-12-19)32-22-14-13-21(20-15-16-38-25(20)22)27(36)31-18-9-5-4-6-10-18/h13-14,17-19,23H,3-12,15-16H2,1-2H3,(H,31,36)(H,30,32,33)/t23-/m1/s1. The highest BCUT2D eigenvalue weighted by atomic mass is 16.5. The van der Waals surface area contributed by atoms with Crippen molar-refractivity contribution < 1.29 is 14.3 Å². The fraction of sp³-hybridized carbons (Fsp3) is 0.586. The average Bonchev–Trinajstić information content (AvgIpc) is 3.64. The largest absolute Gasteiger partial charge is 0.491 e. The van der Waals surface area contributed by atoms with Gasteiger partial charge in [-0.3, -0.25) is 9.59 Å². The van der Waals surface area contributed by atoms with Crippen molar-refractivity contribution in [2.75, 3.05) is 28.8 Å². The van der Waals surface area contributed by atoms with Crippen molar-refractivity contribution in [2.24, 2.45) is 0 Å². The molecule has 2 fully saturated rings. The molecule has 2 aliphatic carbocycles. The van der Waals surface area contributed by atoms with Crippen molar-refractivity contribution >= 4 is 35.0 Å². The van der Waals surface area contributed by atoms with Gasteiger partial charge in [0.15, 0.2) is 5.82 Å². The fourth-order valence-electron chi connectivity index (χ4n) is 6.68. The molecule has 9 heteroatoms. The summed E-state index contributed by atoms with van der Waals surface area (Å²) in [7, 11) is 1.81. The second kappa shape index (κ2) is 10.4. The second-order valence-electron chi connectivity index (χ2n) is 11.1.